The number of carbonyl (C=O) groups excluding carboxylic acids is 1. The summed E-state index contributed by atoms with van der Waals surface area (Å²) in [6.07, 6.45) is 2.92. The summed E-state index contributed by atoms with van der Waals surface area (Å²) in [6, 6.07) is 23.9. The van der Waals surface area contributed by atoms with E-state index >= 15 is 0 Å². The molecule has 0 saturated carbocycles. The number of amides is 2. The minimum Gasteiger partial charge on any atom is -0.315 e. The summed E-state index contributed by atoms with van der Waals surface area (Å²) < 4.78 is 1.67. The molecule has 0 aliphatic carbocycles. The monoisotopic (exact) mass is 468 g/mol. The van der Waals surface area contributed by atoms with E-state index in [2.05, 4.69) is 12.2 Å². The Morgan fingerprint density at radius 3 is 2.40 bits per heavy atom. The van der Waals surface area contributed by atoms with Gasteiger partial charge >= 0.3 is 6.03 Å². The third-order valence-electron chi connectivity index (χ3n) is 6.29. The lowest BCUT2D eigenvalue weighted by atomic mass is 10.1. The molecule has 2 amide bonds. The van der Waals surface area contributed by atoms with Crippen LogP contribution < -0.4 is 10.9 Å². The maximum Gasteiger partial charge on any atom is 0.322 e. The van der Waals surface area contributed by atoms with Crippen LogP contribution in [0.5, 0.6) is 0 Å². The predicted octanol–water partition coefficient (Wildman–Crippen LogP) is 6.48. The second-order valence-electron chi connectivity index (χ2n) is 8.79. The molecule has 1 N–H and O–H groups in total. The number of nitrogens with one attached hydrogen (secondary N) is 1. The van der Waals surface area contributed by atoms with Crippen molar-refractivity contribution >= 4 is 22.6 Å². The normalized spacial score (nSPS) is 11.9. The van der Waals surface area contributed by atoms with Gasteiger partial charge in [0.25, 0.3) is 5.56 Å². The van der Waals surface area contributed by atoms with Gasteiger partial charge in [-0.1, -0.05) is 68.3 Å². The SMILES string of the molecule is CCCCCN(C(=O)Nc1ccccc1)C(C)c1nc2ccccc2c(=O)n1-c1ccccc1C. The van der Waals surface area contributed by atoms with Crippen molar-refractivity contribution in [2.45, 2.75) is 46.1 Å². The molecule has 1 aromatic heterocycles. The van der Waals surface area contributed by atoms with Gasteiger partial charge in [-0.3, -0.25) is 9.36 Å². The molecule has 1 atom stereocenters. The third kappa shape index (κ3) is 5.27. The van der Waals surface area contributed by atoms with Gasteiger partial charge in [0.1, 0.15) is 5.82 Å². The Hall–Kier alpha value is -3.93. The minimum atomic E-state index is -0.438. The van der Waals surface area contributed by atoms with Gasteiger partial charge < -0.3 is 10.2 Å². The van der Waals surface area contributed by atoms with E-state index in [1.54, 1.807) is 15.5 Å². The van der Waals surface area contributed by atoms with E-state index in [1.165, 1.54) is 0 Å². The number of aryl methyl sites for hydroxylation is 1. The number of benzene rings is 3. The Balaban J connectivity index is 1.83. The van der Waals surface area contributed by atoms with Crippen LogP contribution >= 0.6 is 0 Å². The highest BCUT2D eigenvalue weighted by molar-refractivity contribution is 5.89. The molecule has 0 fully saturated rings. The fourth-order valence-electron chi connectivity index (χ4n) is 4.34. The van der Waals surface area contributed by atoms with Crippen molar-refractivity contribution in [2.75, 3.05) is 11.9 Å². The minimum absolute atomic E-state index is 0.135. The largest absolute Gasteiger partial charge is 0.322 e. The first-order valence-corrected chi connectivity index (χ1v) is 12.2. The van der Waals surface area contributed by atoms with Crippen molar-refractivity contribution in [2.24, 2.45) is 0 Å². The molecule has 180 valence electrons. The van der Waals surface area contributed by atoms with Gasteiger partial charge in [-0.05, 0) is 56.2 Å². The third-order valence-corrected chi connectivity index (χ3v) is 6.29. The summed E-state index contributed by atoms with van der Waals surface area (Å²) in [7, 11) is 0. The summed E-state index contributed by atoms with van der Waals surface area (Å²) in [5.74, 6) is 0.544. The topological polar surface area (TPSA) is 67.2 Å². The van der Waals surface area contributed by atoms with Crippen LogP contribution in [0.2, 0.25) is 0 Å². The quantitative estimate of drug-likeness (QED) is 0.301. The van der Waals surface area contributed by atoms with E-state index in [0.717, 1.165) is 36.2 Å². The molecule has 1 unspecified atom stereocenters. The average Bonchev–Trinajstić information content (AvgIpc) is 2.87. The summed E-state index contributed by atoms with van der Waals surface area (Å²) in [6.45, 7) is 6.62. The zero-order chi connectivity index (χ0) is 24.8. The van der Waals surface area contributed by atoms with Crippen LogP contribution in [0.15, 0.2) is 83.7 Å². The highest BCUT2D eigenvalue weighted by Crippen LogP contribution is 2.25. The number of hydrogen-bond acceptors (Lipinski definition) is 3. The van der Waals surface area contributed by atoms with E-state index in [4.69, 9.17) is 4.98 Å². The smallest absolute Gasteiger partial charge is 0.315 e. The standard InChI is InChI=1S/C29H32N4O2/c1-4-5-13-20-32(29(35)30-23-15-7-6-8-16-23)22(3)27-31-25-18-11-10-17-24(25)28(34)33(27)26-19-12-9-14-21(26)2/h6-12,14-19,22H,4-5,13,20H2,1-3H3,(H,30,35). The molecule has 0 aliphatic heterocycles. The first-order chi connectivity index (χ1) is 17.0. The van der Waals surface area contributed by atoms with E-state index in [9.17, 15) is 9.59 Å². The van der Waals surface area contributed by atoms with Crippen molar-refractivity contribution in [1.82, 2.24) is 14.5 Å². The molecule has 0 saturated heterocycles. The molecule has 6 nitrogen and oxygen atoms in total. The van der Waals surface area contributed by atoms with E-state index in [0.29, 0.717) is 23.3 Å². The first kappa shape index (κ1) is 24.2. The lowest BCUT2D eigenvalue weighted by molar-refractivity contribution is 0.187. The number of unbranched alkanes of at least 4 members (excludes halogenated alkanes) is 2. The Labute approximate surface area is 206 Å². The van der Waals surface area contributed by atoms with Gasteiger partial charge in [0.15, 0.2) is 0 Å². The average molecular weight is 469 g/mol. The number of carbonyl (C=O) groups is 1. The number of aromatic nitrogens is 2. The molecule has 0 radical (unpaired) electrons. The fraction of sp³-hybridized carbons (Fsp3) is 0.276. The second kappa shape index (κ2) is 11.0. The Morgan fingerprint density at radius 1 is 0.971 bits per heavy atom. The van der Waals surface area contributed by atoms with Crippen LogP contribution in [0.1, 0.15) is 50.5 Å². The van der Waals surface area contributed by atoms with Crippen LogP contribution in [0.3, 0.4) is 0 Å². The van der Waals surface area contributed by atoms with Gasteiger partial charge in [-0.2, -0.15) is 0 Å². The first-order valence-electron chi connectivity index (χ1n) is 12.2. The molecule has 0 bridgehead atoms. The van der Waals surface area contributed by atoms with Crippen molar-refractivity contribution in [3.8, 4) is 5.69 Å². The Morgan fingerprint density at radius 2 is 1.66 bits per heavy atom. The number of hydrogen-bond donors (Lipinski definition) is 1. The highest BCUT2D eigenvalue weighted by Gasteiger charge is 2.27. The maximum atomic E-state index is 13.8. The van der Waals surface area contributed by atoms with E-state index in [1.807, 2.05) is 86.6 Å². The predicted molar refractivity (Wildman–Crippen MR) is 142 cm³/mol. The van der Waals surface area contributed by atoms with Gasteiger partial charge in [0.2, 0.25) is 0 Å². The molecule has 1 heterocycles. The number of nitrogens with zero attached hydrogens (tertiary/aromatic N) is 3. The lowest BCUT2D eigenvalue weighted by Gasteiger charge is -2.31. The second-order valence-corrected chi connectivity index (χ2v) is 8.79. The van der Waals surface area contributed by atoms with Gasteiger partial charge in [0.05, 0.1) is 22.6 Å². The Kier molecular flexibility index (Phi) is 7.60. The fourth-order valence-corrected chi connectivity index (χ4v) is 4.34. The zero-order valence-corrected chi connectivity index (χ0v) is 20.6. The zero-order valence-electron chi connectivity index (χ0n) is 20.6. The molecule has 6 heteroatoms. The van der Waals surface area contributed by atoms with Gasteiger partial charge in [0, 0.05) is 12.2 Å². The highest BCUT2D eigenvalue weighted by atomic mass is 16.2. The Bertz CT molecular complexity index is 1360. The van der Waals surface area contributed by atoms with E-state index in [-0.39, 0.29) is 11.6 Å². The molecule has 3 aromatic carbocycles. The van der Waals surface area contributed by atoms with Crippen LogP contribution in [0.4, 0.5) is 10.5 Å². The van der Waals surface area contributed by atoms with Crippen molar-refractivity contribution in [1.29, 1.82) is 0 Å². The molecule has 4 rings (SSSR count). The number of para-hydroxylation sites is 3. The maximum absolute atomic E-state index is 13.8. The lowest BCUT2D eigenvalue weighted by Crippen LogP contribution is -2.40. The molecule has 0 spiro atoms. The molecule has 4 aromatic rings. The number of urea groups is 1. The number of fused-ring (bicyclic) bond motifs is 1. The van der Waals surface area contributed by atoms with Crippen molar-refractivity contribution in [3.63, 3.8) is 0 Å². The summed E-state index contributed by atoms with van der Waals surface area (Å²) in [4.78, 5) is 34.0. The number of anilines is 1. The van der Waals surface area contributed by atoms with Crippen LogP contribution in [0, 0.1) is 6.92 Å². The molecular formula is C29H32N4O2. The van der Waals surface area contributed by atoms with Crippen LogP contribution in [0.25, 0.3) is 16.6 Å². The molecule has 35 heavy (non-hydrogen) atoms. The molecule has 0 aliphatic rings. The van der Waals surface area contributed by atoms with E-state index < -0.39 is 6.04 Å². The van der Waals surface area contributed by atoms with Crippen LogP contribution in [-0.4, -0.2) is 27.0 Å². The molecular weight excluding hydrogens is 436 g/mol. The summed E-state index contributed by atoms with van der Waals surface area (Å²) in [5, 5.41) is 3.57. The van der Waals surface area contributed by atoms with Crippen molar-refractivity contribution < 1.29 is 4.79 Å². The number of rotatable bonds is 8. The van der Waals surface area contributed by atoms with Gasteiger partial charge in [-0.15, -0.1) is 0 Å². The summed E-state index contributed by atoms with van der Waals surface area (Å²) >= 11 is 0. The van der Waals surface area contributed by atoms with Gasteiger partial charge in [-0.25, -0.2) is 9.78 Å². The van der Waals surface area contributed by atoms with Crippen molar-refractivity contribution in [3.05, 3.63) is 101 Å². The summed E-state index contributed by atoms with van der Waals surface area (Å²) in [5.41, 5.74) is 2.96. The van der Waals surface area contributed by atoms with Crippen LogP contribution in [-0.2, 0) is 0 Å².